The molecule has 2 rings (SSSR count). The lowest BCUT2D eigenvalue weighted by molar-refractivity contribution is 0.0761. The van der Waals surface area contributed by atoms with Gasteiger partial charge in [0, 0.05) is 25.2 Å². The molecule has 2 aromatic rings. The highest BCUT2D eigenvalue weighted by Gasteiger charge is 2.20. The summed E-state index contributed by atoms with van der Waals surface area (Å²) < 4.78 is 11.0. The van der Waals surface area contributed by atoms with E-state index in [9.17, 15) is 4.79 Å². The van der Waals surface area contributed by atoms with Crippen molar-refractivity contribution in [3.05, 3.63) is 58.6 Å². The van der Waals surface area contributed by atoms with E-state index in [1.807, 2.05) is 37.3 Å². The molecule has 0 unspecified atom stereocenters. The third kappa shape index (κ3) is 6.59. The number of benzene rings is 2. The minimum atomic E-state index is -0.126. The zero-order valence-corrected chi connectivity index (χ0v) is 17.9. The van der Waals surface area contributed by atoms with Crippen molar-refractivity contribution in [3.8, 4) is 11.5 Å². The molecule has 1 amide bonds. The second-order valence-electron chi connectivity index (χ2n) is 6.15. The van der Waals surface area contributed by atoms with Gasteiger partial charge < -0.3 is 20.1 Å². The quantitative estimate of drug-likeness (QED) is 0.617. The predicted molar refractivity (Wildman–Crippen MR) is 116 cm³/mol. The number of nitrogens with two attached hydrogens (primary N) is 1. The molecule has 0 fully saturated rings. The van der Waals surface area contributed by atoms with Crippen molar-refractivity contribution in [2.75, 3.05) is 33.4 Å². The highest BCUT2D eigenvalue weighted by atomic mass is 35.5. The normalized spacial score (nSPS) is 10.1. The molecule has 0 saturated heterocycles. The van der Waals surface area contributed by atoms with E-state index in [0.717, 1.165) is 12.8 Å². The molecule has 0 atom stereocenters. The van der Waals surface area contributed by atoms with Crippen LogP contribution in [0.1, 0.15) is 29.3 Å². The molecule has 0 bridgehead atoms. The molecule has 0 aromatic heterocycles. The molecule has 7 heteroatoms. The Morgan fingerprint density at radius 2 is 1.89 bits per heavy atom. The summed E-state index contributed by atoms with van der Waals surface area (Å²) in [5.74, 6) is 0.793. The van der Waals surface area contributed by atoms with Crippen LogP contribution < -0.4 is 15.2 Å². The molecule has 28 heavy (non-hydrogen) atoms. The first-order chi connectivity index (χ1) is 13.1. The fourth-order valence-electron chi connectivity index (χ4n) is 2.75. The molecular weight excluding hydrogens is 399 g/mol. The van der Waals surface area contributed by atoms with Crippen molar-refractivity contribution in [2.45, 2.75) is 19.8 Å². The summed E-state index contributed by atoms with van der Waals surface area (Å²) in [6.45, 7) is 3.98. The smallest absolute Gasteiger partial charge is 0.254 e. The summed E-state index contributed by atoms with van der Waals surface area (Å²) in [7, 11) is 1.53. The van der Waals surface area contributed by atoms with Crippen molar-refractivity contribution < 1.29 is 14.3 Å². The lowest BCUT2D eigenvalue weighted by atomic mass is 10.1. The molecule has 2 N–H and O–H groups in total. The van der Waals surface area contributed by atoms with Crippen LogP contribution in [0.15, 0.2) is 42.5 Å². The molecule has 0 radical (unpaired) electrons. The number of ether oxygens (including phenoxy) is 2. The molecule has 0 heterocycles. The van der Waals surface area contributed by atoms with Crippen LogP contribution in [0.3, 0.4) is 0 Å². The third-order valence-corrected chi connectivity index (χ3v) is 4.41. The van der Waals surface area contributed by atoms with Crippen LogP contribution in [0, 0.1) is 0 Å². The SMILES string of the molecule is CCCOc1c(Cl)cc(C(=O)N(CCN)CCc2ccccc2)cc1OC.Cl. The minimum Gasteiger partial charge on any atom is -0.493 e. The highest BCUT2D eigenvalue weighted by Crippen LogP contribution is 2.36. The van der Waals surface area contributed by atoms with Crippen LogP contribution in [-0.4, -0.2) is 44.2 Å². The Balaban J connectivity index is 0.00000392. The van der Waals surface area contributed by atoms with E-state index < -0.39 is 0 Å². The largest absolute Gasteiger partial charge is 0.493 e. The van der Waals surface area contributed by atoms with Crippen LogP contribution in [0.4, 0.5) is 0 Å². The van der Waals surface area contributed by atoms with E-state index in [-0.39, 0.29) is 18.3 Å². The number of carbonyl (C=O) groups is 1. The number of nitrogens with zero attached hydrogens (tertiary/aromatic N) is 1. The molecular formula is C21H28Cl2N2O3. The summed E-state index contributed by atoms with van der Waals surface area (Å²) in [6, 6.07) is 13.3. The zero-order chi connectivity index (χ0) is 19.6. The van der Waals surface area contributed by atoms with Gasteiger partial charge in [0.1, 0.15) is 0 Å². The van der Waals surface area contributed by atoms with Crippen LogP contribution in [0.2, 0.25) is 5.02 Å². The maximum atomic E-state index is 13.0. The maximum Gasteiger partial charge on any atom is 0.254 e. The molecule has 0 saturated carbocycles. The first-order valence-corrected chi connectivity index (χ1v) is 9.52. The summed E-state index contributed by atoms with van der Waals surface area (Å²) in [6.07, 6.45) is 1.61. The Labute approximate surface area is 178 Å². The van der Waals surface area contributed by atoms with Gasteiger partial charge in [0.2, 0.25) is 0 Å². The number of halogens is 2. The standard InChI is InChI=1S/C21H27ClN2O3.ClH/c1-3-13-27-20-18(22)14-17(15-19(20)26-2)21(25)24(12-10-23)11-9-16-7-5-4-6-8-16;/h4-8,14-15H,3,9-13,23H2,1-2H3;1H. The van der Waals surface area contributed by atoms with Gasteiger partial charge >= 0.3 is 0 Å². The first kappa shape index (κ1) is 24.1. The van der Waals surface area contributed by atoms with E-state index in [1.54, 1.807) is 17.0 Å². The summed E-state index contributed by atoms with van der Waals surface area (Å²) in [5, 5.41) is 0.363. The predicted octanol–water partition coefficient (Wildman–Crippen LogP) is 4.20. The number of hydrogen-bond acceptors (Lipinski definition) is 4. The third-order valence-electron chi connectivity index (χ3n) is 4.13. The van der Waals surface area contributed by atoms with Gasteiger partial charge in [-0.3, -0.25) is 4.79 Å². The monoisotopic (exact) mass is 426 g/mol. The van der Waals surface area contributed by atoms with Crippen molar-refractivity contribution >= 4 is 29.9 Å². The number of methoxy groups -OCH3 is 1. The Morgan fingerprint density at radius 3 is 2.50 bits per heavy atom. The number of rotatable bonds is 10. The highest BCUT2D eigenvalue weighted by molar-refractivity contribution is 6.32. The summed E-state index contributed by atoms with van der Waals surface area (Å²) in [5.41, 5.74) is 7.35. The Morgan fingerprint density at radius 1 is 1.18 bits per heavy atom. The van der Waals surface area contributed by atoms with E-state index >= 15 is 0 Å². The van der Waals surface area contributed by atoms with Crippen molar-refractivity contribution in [2.24, 2.45) is 5.73 Å². The van der Waals surface area contributed by atoms with E-state index in [1.165, 1.54) is 12.7 Å². The van der Waals surface area contributed by atoms with E-state index in [4.69, 9.17) is 26.8 Å². The van der Waals surface area contributed by atoms with Gasteiger partial charge in [0.05, 0.1) is 18.7 Å². The second-order valence-corrected chi connectivity index (χ2v) is 6.56. The van der Waals surface area contributed by atoms with Gasteiger partial charge in [-0.15, -0.1) is 12.4 Å². The van der Waals surface area contributed by atoms with Crippen molar-refractivity contribution in [1.82, 2.24) is 4.90 Å². The van der Waals surface area contributed by atoms with E-state index in [0.29, 0.717) is 48.3 Å². The molecule has 2 aromatic carbocycles. The van der Waals surface area contributed by atoms with Crippen molar-refractivity contribution in [1.29, 1.82) is 0 Å². The van der Waals surface area contributed by atoms with Gasteiger partial charge in [0.15, 0.2) is 11.5 Å². The Hall–Kier alpha value is -1.95. The van der Waals surface area contributed by atoms with Gasteiger partial charge in [-0.2, -0.15) is 0 Å². The maximum absolute atomic E-state index is 13.0. The fraction of sp³-hybridized carbons (Fsp3) is 0.381. The second kappa shape index (κ2) is 12.5. The van der Waals surface area contributed by atoms with Gasteiger partial charge in [-0.05, 0) is 30.5 Å². The molecule has 0 aliphatic rings. The van der Waals surface area contributed by atoms with Crippen LogP contribution >= 0.6 is 24.0 Å². The van der Waals surface area contributed by atoms with E-state index in [2.05, 4.69) is 0 Å². The molecule has 154 valence electrons. The lowest BCUT2D eigenvalue weighted by Crippen LogP contribution is -2.37. The fourth-order valence-corrected chi connectivity index (χ4v) is 3.01. The topological polar surface area (TPSA) is 64.8 Å². The van der Waals surface area contributed by atoms with Crippen LogP contribution in [0.25, 0.3) is 0 Å². The number of amides is 1. The Kier molecular flexibility index (Phi) is 10.8. The van der Waals surface area contributed by atoms with Gasteiger partial charge in [-0.1, -0.05) is 48.9 Å². The number of hydrogen-bond donors (Lipinski definition) is 1. The zero-order valence-electron chi connectivity index (χ0n) is 16.3. The van der Waals surface area contributed by atoms with Crippen molar-refractivity contribution in [3.63, 3.8) is 0 Å². The van der Waals surface area contributed by atoms with Gasteiger partial charge in [0.25, 0.3) is 5.91 Å². The van der Waals surface area contributed by atoms with Crippen LogP contribution in [-0.2, 0) is 6.42 Å². The number of carbonyl (C=O) groups excluding carboxylic acids is 1. The molecule has 0 aliphatic heterocycles. The summed E-state index contributed by atoms with van der Waals surface area (Å²) in [4.78, 5) is 14.8. The first-order valence-electron chi connectivity index (χ1n) is 9.14. The van der Waals surface area contributed by atoms with Gasteiger partial charge in [-0.25, -0.2) is 0 Å². The minimum absolute atomic E-state index is 0. The molecule has 5 nitrogen and oxygen atoms in total. The Bertz CT molecular complexity index is 742. The average molecular weight is 427 g/mol. The lowest BCUT2D eigenvalue weighted by Gasteiger charge is -2.23. The average Bonchev–Trinajstić information content (AvgIpc) is 2.69. The molecule has 0 aliphatic carbocycles. The molecule has 0 spiro atoms. The van der Waals surface area contributed by atoms with Crippen LogP contribution in [0.5, 0.6) is 11.5 Å². The summed E-state index contributed by atoms with van der Waals surface area (Å²) >= 11 is 6.35.